The maximum atomic E-state index is 11.2. The van der Waals surface area contributed by atoms with Crippen LogP contribution in [-0.2, 0) is 9.53 Å². The van der Waals surface area contributed by atoms with Crippen molar-refractivity contribution in [2.75, 3.05) is 26.2 Å². The largest absolute Gasteiger partial charge is 0.460 e. The Morgan fingerprint density at radius 1 is 1.67 bits per heavy atom. The third-order valence-electron chi connectivity index (χ3n) is 2.29. The molecule has 5 nitrogen and oxygen atoms in total. The number of carbonyl (C=O) groups excluding carboxylic acids is 2. The first-order valence-electron chi connectivity index (χ1n) is 4.98. The monoisotopic (exact) mass is 212 g/mol. The maximum Gasteiger partial charge on any atom is 0.333 e. The average Bonchev–Trinajstić information content (AvgIpc) is 2.63. The van der Waals surface area contributed by atoms with E-state index in [-0.39, 0.29) is 18.6 Å². The van der Waals surface area contributed by atoms with Crippen molar-refractivity contribution >= 4 is 12.0 Å². The highest BCUT2D eigenvalue weighted by molar-refractivity contribution is 5.87. The zero-order chi connectivity index (χ0) is 11.3. The average molecular weight is 212 g/mol. The van der Waals surface area contributed by atoms with Gasteiger partial charge in [0.05, 0.1) is 6.54 Å². The first-order chi connectivity index (χ1) is 7.15. The standard InChI is InChI=1S/C10H16N2O3/c1-3-8(2)9(13)15-7-6-12-5-4-11-10(12)14/h3H,4-7H2,1-2H3,(H,11,14)/b8-3+. The molecule has 5 heteroatoms. The molecule has 1 fully saturated rings. The summed E-state index contributed by atoms with van der Waals surface area (Å²) in [5.41, 5.74) is 0.584. The summed E-state index contributed by atoms with van der Waals surface area (Å²) < 4.78 is 4.98. The second-order valence-electron chi connectivity index (χ2n) is 3.33. The molecule has 1 aliphatic heterocycles. The summed E-state index contributed by atoms with van der Waals surface area (Å²) >= 11 is 0. The molecule has 15 heavy (non-hydrogen) atoms. The van der Waals surface area contributed by atoms with Crippen LogP contribution >= 0.6 is 0 Å². The lowest BCUT2D eigenvalue weighted by Crippen LogP contribution is -2.31. The van der Waals surface area contributed by atoms with Gasteiger partial charge in [0.25, 0.3) is 0 Å². The molecule has 1 aliphatic rings. The number of nitrogens with zero attached hydrogens (tertiary/aromatic N) is 1. The van der Waals surface area contributed by atoms with E-state index in [4.69, 9.17) is 4.74 Å². The minimum absolute atomic E-state index is 0.0891. The molecule has 0 radical (unpaired) electrons. The molecule has 2 amide bonds. The van der Waals surface area contributed by atoms with Gasteiger partial charge in [-0.15, -0.1) is 0 Å². The number of allylic oxidation sites excluding steroid dienone is 1. The first kappa shape index (κ1) is 11.6. The highest BCUT2D eigenvalue weighted by Crippen LogP contribution is 1.99. The molecule has 84 valence electrons. The number of amides is 2. The van der Waals surface area contributed by atoms with Crippen molar-refractivity contribution < 1.29 is 14.3 Å². The summed E-state index contributed by atoms with van der Waals surface area (Å²) in [7, 11) is 0. The van der Waals surface area contributed by atoms with Crippen molar-refractivity contribution in [3.05, 3.63) is 11.6 Å². The lowest BCUT2D eigenvalue weighted by Gasteiger charge is -2.13. The van der Waals surface area contributed by atoms with Gasteiger partial charge < -0.3 is 15.0 Å². The molecule has 0 aromatic rings. The Labute approximate surface area is 89.1 Å². The van der Waals surface area contributed by atoms with Crippen LogP contribution in [0.4, 0.5) is 4.79 Å². The highest BCUT2D eigenvalue weighted by atomic mass is 16.5. The van der Waals surface area contributed by atoms with E-state index in [1.54, 1.807) is 24.8 Å². The summed E-state index contributed by atoms with van der Waals surface area (Å²) in [6.45, 7) is 5.53. The van der Waals surface area contributed by atoms with Crippen LogP contribution in [0.5, 0.6) is 0 Å². The van der Waals surface area contributed by atoms with Gasteiger partial charge in [0.1, 0.15) is 6.61 Å². The van der Waals surface area contributed by atoms with E-state index in [9.17, 15) is 9.59 Å². The zero-order valence-electron chi connectivity index (χ0n) is 9.08. The quantitative estimate of drug-likeness (QED) is 0.546. The fourth-order valence-electron chi connectivity index (χ4n) is 1.20. The van der Waals surface area contributed by atoms with Gasteiger partial charge in [-0.25, -0.2) is 9.59 Å². The SMILES string of the molecule is C/C=C(\C)C(=O)OCCN1CCNC1=O. The molecule has 1 saturated heterocycles. The summed E-state index contributed by atoms with van der Waals surface area (Å²) in [6.07, 6.45) is 1.70. The molecule has 0 aromatic heterocycles. The van der Waals surface area contributed by atoms with Crippen molar-refractivity contribution in [2.24, 2.45) is 0 Å². The fourth-order valence-corrected chi connectivity index (χ4v) is 1.20. The van der Waals surface area contributed by atoms with Crippen molar-refractivity contribution in [3.63, 3.8) is 0 Å². The van der Waals surface area contributed by atoms with Gasteiger partial charge in [0, 0.05) is 18.7 Å². The molecule has 0 spiro atoms. The first-order valence-corrected chi connectivity index (χ1v) is 4.98. The Morgan fingerprint density at radius 2 is 2.40 bits per heavy atom. The molecular weight excluding hydrogens is 196 g/mol. The Hall–Kier alpha value is -1.52. The van der Waals surface area contributed by atoms with E-state index in [1.165, 1.54) is 0 Å². The van der Waals surface area contributed by atoms with Crippen LogP contribution in [0.1, 0.15) is 13.8 Å². The summed E-state index contributed by atoms with van der Waals surface area (Å²) in [5, 5.41) is 2.68. The van der Waals surface area contributed by atoms with Crippen LogP contribution in [0.2, 0.25) is 0 Å². The number of rotatable bonds is 4. The van der Waals surface area contributed by atoms with E-state index < -0.39 is 0 Å². The van der Waals surface area contributed by atoms with Crippen molar-refractivity contribution in [2.45, 2.75) is 13.8 Å². The number of hydrogen-bond donors (Lipinski definition) is 1. The predicted molar refractivity (Wildman–Crippen MR) is 55.4 cm³/mol. The predicted octanol–water partition coefficient (Wildman–Crippen LogP) is 0.521. The van der Waals surface area contributed by atoms with E-state index in [0.717, 1.165) is 0 Å². The zero-order valence-corrected chi connectivity index (χ0v) is 9.08. The number of carbonyl (C=O) groups is 2. The maximum absolute atomic E-state index is 11.2. The molecule has 0 aliphatic carbocycles. The summed E-state index contributed by atoms with van der Waals surface area (Å²) in [4.78, 5) is 23.9. The van der Waals surface area contributed by atoms with Crippen molar-refractivity contribution in [1.29, 1.82) is 0 Å². The van der Waals surface area contributed by atoms with E-state index in [0.29, 0.717) is 25.2 Å². The molecule has 0 bridgehead atoms. The number of nitrogens with one attached hydrogen (secondary N) is 1. The molecule has 0 aromatic carbocycles. The van der Waals surface area contributed by atoms with Crippen LogP contribution in [0.15, 0.2) is 11.6 Å². The van der Waals surface area contributed by atoms with E-state index in [2.05, 4.69) is 5.32 Å². The second kappa shape index (κ2) is 5.38. The molecule has 0 unspecified atom stereocenters. The Morgan fingerprint density at radius 3 is 2.93 bits per heavy atom. The summed E-state index contributed by atoms with van der Waals surface area (Å²) in [5.74, 6) is -0.322. The van der Waals surface area contributed by atoms with Crippen LogP contribution < -0.4 is 5.32 Å². The number of ether oxygens (including phenoxy) is 1. The van der Waals surface area contributed by atoms with Crippen molar-refractivity contribution in [1.82, 2.24) is 10.2 Å². The molecular formula is C10H16N2O3. The Kier molecular flexibility index (Phi) is 4.15. The van der Waals surface area contributed by atoms with E-state index in [1.807, 2.05) is 0 Å². The van der Waals surface area contributed by atoms with E-state index >= 15 is 0 Å². The number of esters is 1. The number of hydrogen-bond acceptors (Lipinski definition) is 3. The fraction of sp³-hybridized carbons (Fsp3) is 0.600. The van der Waals surface area contributed by atoms with Gasteiger partial charge in [0.15, 0.2) is 0 Å². The van der Waals surface area contributed by atoms with Gasteiger partial charge in [-0.3, -0.25) is 0 Å². The second-order valence-corrected chi connectivity index (χ2v) is 3.33. The van der Waals surface area contributed by atoms with Crippen LogP contribution in [0.3, 0.4) is 0 Å². The van der Waals surface area contributed by atoms with Crippen LogP contribution in [0.25, 0.3) is 0 Å². The van der Waals surface area contributed by atoms with Crippen LogP contribution in [-0.4, -0.2) is 43.1 Å². The molecule has 0 atom stereocenters. The normalized spacial score (nSPS) is 16.5. The lowest BCUT2D eigenvalue weighted by molar-refractivity contribution is -0.139. The van der Waals surface area contributed by atoms with Gasteiger partial charge in [-0.1, -0.05) is 6.08 Å². The Balaban J connectivity index is 2.21. The third kappa shape index (κ3) is 3.27. The number of urea groups is 1. The lowest BCUT2D eigenvalue weighted by atomic mass is 10.3. The van der Waals surface area contributed by atoms with Gasteiger partial charge in [-0.2, -0.15) is 0 Å². The minimum atomic E-state index is -0.322. The topological polar surface area (TPSA) is 58.6 Å². The third-order valence-corrected chi connectivity index (χ3v) is 2.29. The smallest absolute Gasteiger partial charge is 0.333 e. The molecule has 1 rings (SSSR count). The highest BCUT2D eigenvalue weighted by Gasteiger charge is 2.19. The molecule has 1 heterocycles. The minimum Gasteiger partial charge on any atom is -0.460 e. The van der Waals surface area contributed by atoms with Crippen molar-refractivity contribution in [3.8, 4) is 0 Å². The molecule has 0 saturated carbocycles. The van der Waals surface area contributed by atoms with Gasteiger partial charge in [-0.05, 0) is 13.8 Å². The summed E-state index contributed by atoms with van der Waals surface area (Å²) in [6, 6.07) is -0.0891. The Bertz CT molecular complexity index is 286. The van der Waals surface area contributed by atoms with Gasteiger partial charge in [0.2, 0.25) is 0 Å². The van der Waals surface area contributed by atoms with Crippen LogP contribution in [0, 0.1) is 0 Å². The molecule has 1 N–H and O–H groups in total. The van der Waals surface area contributed by atoms with Gasteiger partial charge >= 0.3 is 12.0 Å².